The average molecular weight is 264 g/mol. The van der Waals surface area contributed by atoms with Crippen LogP contribution in [0, 0.1) is 6.92 Å². The Kier molecular flexibility index (Phi) is 5.36. The third kappa shape index (κ3) is 4.91. The van der Waals surface area contributed by atoms with Crippen molar-refractivity contribution < 1.29 is 9.53 Å². The molecule has 19 heavy (non-hydrogen) atoms. The van der Waals surface area contributed by atoms with Gasteiger partial charge in [0.1, 0.15) is 5.75 Å². The van der Waals surface area contributed by atoms with E-state index in [4.69, 9.17) is 10.5 Å². The van der Waals surface area contributed by atoms with Crippen molar-refractivity contribution in [1.82, 2.24) is 5.32 Å². The van der Waals surface area contributed by atoms with E-state index in [-0.39, 0.29) is 18.0 Å². The van der Waals surface area contributed by atoms with Crippen molar-refractivity contribution in [3.05, 3.63) is 29.3 Å². The summed E-state index contributed by atoms with van der Waals surface area (Å²) >= 11 is 0. The molecule has 0 spiro atoms. The van der Waals surface area contributed by atoms with E-state index >= 15 is 0 Å². The molecule has 0 aromatic heterocycles. The number of aryl methyl sites for hydroxylation is 2. The fraction of sp³-hybridized carbons (Fsp3) is 0.533. The maximum atomic E-state index is 11.3. The molecule has 0 radical (unpaired) electrons. The average Bonchev–Trinajstić information content (AvgIpc) is 2.36. The van der Waals surface area contributed by atoms with Crippen LogP contribution in [0.15, 0.2) is 18.2 Å². The van der Waals surface area contributed by atoms with Gasteiger partial charge in [-0.05, 0) is 50.8 Å². The minimum absolute atomic E-state index is 0.0328. The summed E-state index contributed by atoms with van der Waals surface area (Å²) in [6, 6.07) is 6.17. The molecule has 0 unspecified atom stereocenters. The smallest absolute Gasteiger partial charge is 0.234 e. The van der Waals surface area contributed by atoms with E-state index in [1.165, 1.54) is 5.56 Å². The highest BCUT2D eigenvalue weighted by molar-refractivity contribution is 5.78. The Bertz CT molecular complexity index is 442. The molecule has 4 heteroatoms. The predicted octanol–water partition coefficient (Wildman–Crippen LogP) is 1.79. The first-order valence-electron chi connectivity index (χ1n) is 6.52. The first-order valence-corrected chi connectivity index (χ1v) is 6.52. The molecule has 106 valence electrons. The molecule has 0 aliphatic rings. The van der Waals surface area contributed by atoms with E-state index in [0.717, 1.165) is 24.2 Å². The quantitative estimate of drug-likeness (QED) is 0.823. The second-order valence-electron chi connectivity index (χ2n) is 5.44. The molecule has 4 nitrogen and oxygen atoms in total. The van der Waals surface area contributed by atoms with Gasteiger partial charge in [-0.1, -0.05) is 12.1 Å². The molecule has 0 saturated carbocycles. The number of methoxy groups -OCH3 is 1. The van der Waals surface area contributed by atoms with Crippen LogP contribution in [0.1, 0.15) is 31.4 Å². The standard InChI is InChI=1S/C15H24N2O2/c1-11-9-12(5-6-13(11)19-4)7-8-15(2,3)17-14(18)10-16/h5-6,9H,7-8,10,16H2,1-4H3,(H,17,18). The molecule has 0 heterocycles. The fourth-order valence-electron chi connectivity index (χ4n) is 2.04. The lowest BCUT2D eigenvalue weighted by molar-refractivity contribution is -0.121. The van der Waals surface area contributed by atoms with E-state index in [0.29, 0.717) is 0 Å². The third-order valence-electron chi connectivity index (χ3n) is 3.16. The molecule has 1 aromatic carbocycles. The summed E-state index contributed by atoms with van der Waals surface area (Å²) in [4.78, 5) is 11.3. The zero-order chi connectivity index (χ0) is 14.5. The zero-order valence-electron chi connectivity index (χ0n) is 12.2. The number of rotatable bonds is 6. The molecular weight excluding hydrogens is 240 g/mol. The van der Waals surface area contributed by atoms with E-state index < -0.39 is 0 Å². The number of ether oxygens (including phenoxy) is 1. The van der Waals surface area contributed by atoms with Crippen LogP contribution in [-0.4, -0.2) is 25.1 Å². The predicted molar refractivity (Wildman–Crippen MR) is 77.3 cm³/mol. The molecule has 0 bridgehead atoms. The van der Waals surface area contributed by atoms with E-state index in [1.54, 1.807) is 7.11 Å². The summed E-state index contributed by atoms with van der Waals surface area (Å²) in [6.45, 7) is 6.09. The molecule has 1 aromatic rings. The van der Waals surface area contributed by atoms with E-state index in [9.17, 15) is 4.79 Å². The monoisotopic (exact) mass is 264 g/mol. The van der Waals surface area contributed by atoms with Gasteiger partial charge >= 0.3 is 0 Å². The van der Waals surface area contributed by atoms with Crippen LogP contribution in [0.2, 0.25) is 0 Å². The van der Waals surface area contributed by atoms with Crippen LogP contribution < -0.4 is 15.8 Å². The Morgan fingerprint density at radius 2 is 2.11 bits per heavy atom. The molecular formula is C15H24N2O2. The Balaban J connectivity index is 2.61. The molecule has 0 aliphatic carbocycles. The Morgan fingerprint density at radius 3 is 2.63 bits per heavy atom. The van der Waals surface area contributed by atoms with Gasteiger partial charge in [0.2, 0.25) is 5.91 Å². The van der Waals surface area contributed by atoms with E-state index in [1.807, 2.05) is 26.8 Å². The minimum Gasteiger partial charge on any atom is -0.496 e. The van der Waals surface area contributed by atoms with Gasteiger partial charge in [-0.3, -0.25) is 4.79 Å². The molecule has 3 N–H and O–H groups in total. The van der Waals surface area contributed by atoms with Crippen LogP contribution >= 0.6 is 0 Å². The first-order chi connectivity index (χ1) is 8.88. The Morgan fingerprint density at radius 1 is 1.42 bits per heavy atom. The van der Waals surface area contributed by atoms with Gasteiger partial charge < -0.3 is 15.8 Å². The fourth-order valence-corrected chi connectivity index (χ4v) is 2.04. The number of nitrogens with one attached hydrogen (secondary N) is 1. The first kappa shape index (κ1) is 15.5. The lowest BCUT2D eigenvalue weighted by atomic mass is 9.94. The number of carbonyl (C=O) groups excluding carboxylic acids is 1. The van der Waals surface area contributed by atoms with Crippen LogP contribution in [0.3, 0.4) is 0 Å². The van der Waals surface area contributed by atoms with Crippen molar-refractivity contribution in [2.45, 2.75) is 39.2 Å². The van der Waals surface area contributed by atoms with Gasteiger partial charge in [-0.25, -0.2) is 0 Å². The van der Waals surface area contributed by atoms with Crippen LogP contribution in [-0.2, 0) is 11.2 Å². The van der Waals surface area contributed by atoms with Crippen LogP contribution in [0.25, 0.3) is 0 Å². The minimum atomic E-state index is -0.246. The summed E-state index contributed by atoms with van der Waals surface area (Å²) < 4.78 is 5.24. The second-order valence-corrected chi connectivity index (χ2v) is 5.44. The maximum absolute atomic E-state index is 11.3. The van der Waals surface area contributed by atoms with Crippen LogP contribution in [0.5, 0.6) is 5.75 Å². The number of hydrogen-bond acceptors (Lipinski definition) is 3. The maximum Gasteiger partial charge on any atom is 0.234 e. The van der Waals surface area contributed by atoms with Gasteiger partial charge in [-0.15, -0.1) is 0 Å². The van der Waals surface area contributed by atoms with Gasteiger partial charge in [0.05, 0.1) is 13.7 Å². The topological polar surface area (TPSA) is 64.3 Å². The molecule has 0 fully saturated rings. The Labute approximate surface area is 115 Å². The third-order valence-corrected chi connectivity index (χ3v) is 3.16. The summed E-state index contributed by atoms with van der Waals surface area (Å²) in [5.41, 5.74) is 7.44. The van der Waals surface area contributed by atoms with Crippen molar-refractivity contribution in [1.29, 1.82) is 0 Å². The zero-order valence-corrected chi connectivity index (χ0v) is 12.2. The van der Waals surface area contributed by atoms with Gasteiger partial charge in [-0.2, -0.15) is 0 Å². The summed E-state index contributed by atoms with van der Waals surface area (Å²) in [5, 5.41) is 2.92. The second kappa shape index (κ2) is 6.57. The molecule has 1 amide bonds. The molecule has 0 atom stereocenters. The highest BCUT2D eigenvalue weighted by atomic mass is 16.5. The lowest BCUT2D eigenvalue weighted by Gasteiger charge is -2.26. The number of benzene rings is 1. The number of carbonyl (C=O) groups is 1. The summed E-state index contributed by atoms with van der Waals surface area (Å²) in [6.07, 6.45) is 1.77. The van der Waals surface area contributed by atoms with Gasteiger partial charge in [0.25, 0.3) is 0 Å². The summed E-state index contributed by atoms with van der Waals surface area (Å²) in [7, 11) is 1.67. The van der Waals surface area contributed by atoms with Crippen molar-refractivity contribution >= 4 is 5.91 Å². The molecule has 0 saturated heterocycles. The number of amides is 1. The molecule has 0 aliphatic heterocycles. The summed E-state index contributed by atoms with van der Waals surface area (Å²) in [5.74, 6) is 0.787. The molecule has 1 rings (SSSR count). The highest BCUT2D eigenvalue weighted by Crippen LogP contribution is 2.21. The van der Waals surface area contributed by atoms with Gasteiger partial charge in [0.15, 0.2) is 0 Å². The largest absolute Gasteiger partial charge is 0.496 e. The van der Waals surface area contributed by atoms with Crippen molar-refractivity contribution in [3.8, 4) is 5.75 Å². The lowest BCUT2D eigenvalue weighted by Crippen LogP contribution is -2.46. The van der Waals surface area contributed by atoms with E-state index in [2.05, 4.69) is 17.4 Å². The normalized spacial score (nSPS) is 11.2. The highest BCUT2D eigenvalue weighted by Gasteiger charge is 2.19. The SMILES string of the molecule is COc1ccc(CCC(C)(C)NC(=O)CN)cc1C. The Hall–Kier alpha value is -1.55. The van der Waals surface area contributed by atoms with Crippen molar-refractivity contribution in [3.63, 3.8) is 0 Å². The number of hydrogen-bond donors (Lipinski definition) is 2. The number of nitrogens with two attached hydrogens (primary N) is 1. The van der Waals surface area contributed by atoms with Crippen molar-refractivity contribution in [2.75, 3.05) is 13.7 Å². The van der Waals surface area contributed by atoms with Gasteiger partial charge in [0, 0.05) is 5.54 Å². The van der Waals surface area contributed by atoms with Crippen molar-refractivity contribution in [2.24, 2.45) is 5.73 Å². The van der Waals surface area contributed by atoms with Crippen LogP contribution in [0.4, 0.5) is 0 Å².